The highest BCUT2D eigenvalue weighted by molar-refractivity contribution is 4.96. The van der Waals surface area contributed by atoms with Crippen LogP contribution in [-0.4, -0.2) is 31.5 Å². The molecule has 2 aliphatic rings. The van der Waals surface area contributed by atoms with Gasteiger partial charge in [0.25, 0.3) is 0 Å². The molecule has 2 rings (SSSR count). The van der Waals surface area contributed by atoms with Crippen LogP contribution in [0.5, 0.6) is 0 Å². The Morgan fingerprint density at radius 2 is 2.00 bits per heavy atom. The van der Waals surface area contributed by atoms with Gasteiger partial charge in [0.15, 0.2) is 0 Å². The van der Waals surface area contributed by atoms with Crippen molar-refractivity contribution in [2.45, 2.75) is 44.3 Å². The van der Waals surface area contributed by atoms with Crippen LogP contribution in [0.15, 0.2) is 0 Å². The highest BCUT2D eigenvalue weighted by Crippen LogP contribution is 2.36. The first-order chi connectivity index (χ1) is 6.71. The Morgan fingerprint density at radius 3 is 2.57 bits per heavy atom. The molecule has 0 radical (unpaired) electrons. The molecule has 2 nitrogen and oxygen atoms in total. The maximum absolute atomic E-state index is 14.6. The third-order valence-electron chi connectivity index (χ3n) is 3.76. The van der Waals surface area contributed by atoms with Crippen molar-refractivity contribution in [1.29, 1.82) is 0 Å². The van der Waals surface area contributed by atoms with Crippen molar-refractivity contribution in [2.75, 3.05) is 19.8 Å². The van der Waals surface area contributed by atoms with E-state index in [1.807, 2.05) is 0 Å². The van der Waals surface area contributed by atoms with E-state index in [1.54, 1.807) is 6.92 Å². The van der Waals surface area contributed by atoms with Gasteiger partial charge in [-0.05, 0) is 45.1 Å². The van der Waals surface area contributed by atoms with E-state index in [-0.39, 0.29) is 12.0 Å². The SMILES string of the molecule is CC(F)(C1CCOCC1)C1CCCN1. The molecule has 2 heterocycles. The number of hydrogen-bond donors (Lipinski definition) is 1. The first kappa shape index (κ1) is 10.4. The molecule has 0 aromatic rings. The van der Waals surface area contributed by atoms with Crippen molar-refractivity contribution in [3.63, 3.8) is 0 Å². The summed E-state index contributed by atoms with van der Waals surface area (Å²) in [7, 11) is 0. The molecule has 0 aromatic heterocycles. The Morgan fingerprint density at radius 1 is 1.29 bits per heavy atom. The molecule has 0 bridgehead atoms. The Balaban J connectivity index is 1.97. The van der Waals surface area contributed by atoms with Gasteiger partial charge in [0, 0.05) is 19.3 Å². The van der Waals surface area contributed by atoms with Gasteiger partial charge in [-0.25, -0.2) is 4.39 Å². The topological polar surface area (TPSA) is 21.3 Å². The van der Waals surface area contributed by atoms with Crippen molar-refractivity contribution in [1.82, 2.24) is 5.32 Å². The summed E-state index contributed by atoms with van der Waals surface area (Å²) < 4.78 is 19.8. The molecule has 0 spiro atoms. The lowest BCUT2D eigenvalue weighted by molar-refractivity contribution is -0.0183. The molecule has 0 saturated carbocycles. The minimum atomic E-state index is -1.04. The average molecular weight is 201 g/mol. The second-order valence-corrected chi connectivity index (χ2v) is 4.69. The molecule has 3 heteroatoms. The molecule has 0 aliphatic carbocycles. The molecule has 2 saturated heterocycles. The van der Waals surface area contributed by atoms with Crippen LogP contribution in [0.3, 0.4) is 0 Å². The van der Waals surface area contributed by atoms with Gasteiger partial charge in [-0.15, -0.1) is 0 Å². The Bertz CT molecular complexity index is 184. The van der Waals surface area contributed by atoms with Crippen LogP contribution < -0.4 is 5.32 Å². The first-order valence-electron chi connectivity index (χ1n) is 5.71. The van der Waals surface area contributed by atoms with E-state index < -0.39 is 5.67 Å². The van der Waals surface area contributed by atoms with Gasteiger partial charge in [0.1, 0.15) is 5.67 Å². The molecule has 2 atom stereocenters. The Kier molecular flexibility index (Phi) is 3.07. The minimum Gasteiger partial charge on any atom is -0.381 e. The number of halogens is 1. The fraction of sp³-hybridized carbons (Fsp3) is 1.00. The van der Waals surface area contributed by atoms with Crippen LogP contribution in [0.1, 0.15) is 32.6 Å². The maximum atomic E-state index is 14.6. The lowest BCUT2D eigenvalue weighted by Crippen LogP contribution is -2.48. The van der Waals surface area contributed by atoms with Gasteiger partial charge in [0.05, 0.1) is 0 Å². The summed E-state index contributed by atoms with van der Waals surface area (Å²) in [4.78, 5) is 0. The zero-order valence-electron chi connectivity index (χ0n) is 8.89. The average Bonchev–Trinajstić information content (AvgIpc) is 2.72. The van der Waals surface area contributed by atoms with Crippen molar-refractivity contribution in [3.8, 4) is 0 Å². The lowest BCUT2D eigenvalue weighted by Gasteiger charge is -2.37. The van der Waals surface area contributed by atoms with Gasteiger partial charge in [-0.3, -0.25) is 0 Å². The molecular weight excluding hydrogens is 181 g/mol. The van der Waals surface area contributed by atoms with Crippen LogP contribution >= 0.6 is 0 Å². The smallest absolute Gasteiger partial charge is 0.126 e. The summed E-state index contributed by atoms with van der Waals surface area (Å²) in [5.41, 5.74) is -1.04. The maximum Gasteiger partial charge on any atom is 0.126 e. The van der Waals surface area contributed by atoms with E-state index in [1.165, 1.54) is 0 Å². The Labute approximate surface area is 85.2 Å². The van der Waals surface area contributed by atoms with E-state index >= 15 is 0 Å². The predicted molar refractivity (Wildman–Crippen MR) is 54.1 cm³/mol. The minimum absolute atomic E-state index is 0.0746. The number of alkyl halides is 1. The molecule has 2 fully saturated rings. The van der Waals surface area contributed by atoms with E-state index in [0.717, 1.165) is 45.4 Å². The third kappa shape index (κ3) is 1.94. The molecule has 0 amide bonds. The molecular formula is C11H20FNO. The zero-order valence-corrected chi connectivity index (χ0v) is 8.89. The summed E-state index contributed by atoms with van der Waals surface area (Å²) in [6, 6.07) is 0.0746. The van der Waals surface area contributed by atoms with Gasteiger partial charge >= 0.3 is 0 Å². The summed E-state index contributed by atoms with van der Waals surface area (Å²) in [6.07, 6.45) is 3.87. The molecule has 0 aromatic carbocycles. The highest BCUT2D eigenvalue weighted by Gasteiger charge is 2.43. The van der Waals surface area contributed by atoms with Crippen molar-refractivity contribution >= 4 is 0 Å². The molecule has 14 heavy (non-hydrogen) atoms. The predicted octanol–water partition coefficient (Wildman–Crippen LogP) is 1.89. The quantitative estimate of drug-likeness (QED) is 0.736. The van der Waals surface area contributed by atoms with Gasteiger partial charge in [0.2, 0.25) is 0 Å². The first-order valence-corrected chi connectivity index (χ1v) is 5.71. The van der Waals surface area contributed by atoms with E-state index in [4.69, 9.17) is 4.74 Å². The van der Waals surface area contributed by atoms with Crippen LogP contribution in [0.4, 0.5) is 4.39 Å². The number of rotatable bonds is 2. The Hall–Kier alpha value is -0.150. The van der Waals surface area contributed by atoms with Crippen LogP contribution in [-0.2, 0) is 4.74 Å². The standard InChI is InChI=1S/C11H20FNO/c1-11(12,10-3-2-6-13-10)9-4-7-14-8-5-9/h9-10,13H,2-8H2,1H3. The number of nitrogens with one attached hydrogen (secondary N) is 1. The lowest BCUT2D eigenvalue weighted by atomic mass is 9.79. The van der Waals surface area contributed by atoms with Crippen LogP contribution in [0, 0.1) is 5.92 Å². The number of hydrogen-bond acceptors (Lipinski definition) is 2. The van der Waals surface area contributed by atoms with Crippen molar-refractivity contribution in [3.05, 3.63) is 0 Å². The second kappa shape index (κ2) is 4.15. The van der Waals surface area contributed by atoms with Crippen molar-refractivity contribution < 1.29 is 9.13 Å². The van der Waals surface area contributed by atoms with Gasteiger partial charge < -0.3 is 10.1 Å². The summed E-state index contributed by atoms with van der Waals surface area (Å²) >= 11 is 0. The normalized spacial score (nSPS) is 34.3. The molecule has 2 unspecified atom stereocenters. The monoisotopic (exact) mass is 201 g/mol. The molecule has 1 N–H and O–H groups in total. The van der Waals surface area contributed by atoms with E-state index in [9.17, 15) is 4.39 Å². The fourth-order valence-corrected chi connectivity index (χ4v) is 2.71. The molecule has 82 valence electrons. The fourth-order valence-electron chi connectivity index (χ4n) is 2.71. The zero-order chi connectivity index (χ0) is 10.0. The van der Waals surface area contributed by atoms with Crippen molar-refractivity contribution in [2.24, 2.45) is 5.92 Å². The van der Waals surface area contributed by atoms with E-state index in [2.05, 4.69) is 5.32 Å². The summed E-state index contributed by atoms with van der Waals surface area (Å²) in [5, 5.41) is 3.28. The number of ether oxygens (including phenoxy) is 1. The second-order valence-electron chi connectivity index (χ2n) is 4.69. The van der Waals surface area contributed by atoms with Crippen LogP contribution in [0.25, 0.3) is 0 Å². The van der Waals surface area contributed by atoms with Gasteiger partial charge in [-0.1, -0.05) is 0 Å². The summed E-state index contributed by atoms with van der Waals surface area (Å²) in [6.45, 7) is 4.22. The third-order valence-corrected chi connectivity index (χ3v) is 3.76. The summed E-state index contributed by atoms with van der Waals surface area (Å²) in [5.74, 6) is 0.187. The van der Waals surface area contributed by atoms with E-state index in [0.29, 0.717) is 0 Å². The largest absolute Gasteiger partial charge is 0.381 e. The molecule has 2 aliphatic heterocycles. The van der Waals surface area contributed by atoms with Gasteiger partial charge in [-0.2, -0.15) is 0 Å². The highest BCUT2D eigenvalue weighted by atomic mass is 19.1. The van der Waals surface area contributed by atoms with Crippen LogP contribution in [0.2, 0.25) is 0 Å².